The number of carbonyl (C=O) groups excluding carboxylic acids is 1. The van der Waals surface area contributed by atoms with Crippen LogP contribution in [0.5, 0.6) is 0 Å². The molecule has 0 saturated carbocycles. The number of carboxylic acids is 1. The van der Waals surface area contributed by atoms with Crippen LogP contribution in [0.3, 0.4) is 0 Å². The van der Waals surface area contributed by atoms with Crippen LogP contribution in [0.4, 0.5) is 0 Å². The lowest BCUT2D eigenvalue weighted by atomic mass is 10.2. The summed E-state index contributed by atoms with van der Waals surface area (Å²) in [6.07, 6.45) is 2.69. The number of hydrogen-bond donors (Lipinski definition) is 2. The van der Waals surface area contributed by atoms with Gasteiger partial charge in [-0.2, -0.15) is 5.10 Å². The van der Waals surface area contributed by atoms with Gasteiger partial charge in [-0.15, -0.1) is 0 Å². The fourth-order valence-corrected chi connectivity index (χ4v) is 1.02. The maximum absolute atomic E-state index is 11.6. The van der Waals surface area contributed by atoms with Crippen molar-refractivity contribution in [1.82, 2.24) is 15.3 Å². The van der Waals surface area contributed by atoms with Gasteiger partial charge in [-0.3, -0.25) is 4.79 Å². The van der Waals surface area contributed by atoms with Gasteiger partial charge in [0.05, 0.1) is 5.56 Å². The normalized spacial score (nSPS) is 10.2. The van der Waals surface area contributed by atoms with Gasteiger partial charge in [0.2, 0.25) is 0 Å². The van der Waals surface area contributed by atoms with Crippen LogP contribution < -0.4 is 5.43 Å². The summed E-state index contributed by atoms with van der Waals surface area (Å²) in [5, 5.41) is 12.5. The highest BCUT2D eigenvalue weighted by molar-refractivity contribution is 6.03. The number of nitrogens with zero attached hydrogens (tertiary/aromatic N) is 3. The highest BCUT2D eigenvalue weighted by atomic mass is 16.4. The van der Waals surface area contributed by atoms with Crippen LogP contribution in [0, 0.1) is 0 Å². The molecule has 0 fully saturated rings. The van der Waals surface area contributed by atoms with E-state index in [9.17, 15) is 9.59 Å². The Bertz CT molecular complexity index is 457. The molecule has 0 saturated heterocycles. The number of rotatable bonds is 4. The molecule has 90 valence electrons. The van der Waals surface area contributed by atoms with Crippen molar-refractivity contribution in [1.29, 1.82) is 0 Å². The molecule has 0 radical (unpaired) electrons. The van der Waals surface area contributed by atoms with Gasteiger partial charge in [0.1, 0.15) is 6.34 Å². The molecule has 0 aromatic carbocycles. The lowest BCUT2D eigenvalue weighted by molar-refractivity contribution is 0.0684. The van der Waals surface area contributed by atoms with E-state index >= 15 is 0 Å². The number of carboxylic acid groups (broad SMARTS) is 1. The highest BCUT2D eigenvalue weighted by Gasteiger charge is 2.16. The Hall–Kier alpha value is -2.44. The number of hydrogen-bond acceptors (Lipinski definition) is 4. The Labute approximate surface area is 97.8 Å². The number of nitrogens with one attached hydrogen (secondary N) is 1. The Morgan fingerprint density at radius 2 is 2.24 bits per heavy atom. The van der Waals surface area contributed by atoms with Crippen LogP contribution in [0.1, 0.15) is 20.8 Å². The third kappa shape index (κ3) is 3.56. The smallest absolute Gasteiger partial charge is 0.355 e. The SMILES string of the molecule is CN(C)C=NNC(=O)c1cccnc1C(=O)O. The van der Waals surface area contributed by atoms with Crippen LogP contribution in [0.15, 0.2) is 23.4 Å². The number of amides is 1. The average molecular weight is 236 g/mol. The van der Waals surface area contributed by atoms with Crippen LogP contribution in [0.25, 0.3) is 0 Å². The number of hydrazone groups is 1. The van der Waals surface area contributed by atoms with Gasteiger partial charge in [0.25, 0.3) is 5.91 Å². The molecule has 0 atom stereocenters. The number of aromatic carboxylic acids is 1. The Morgan fingerprint density at radius 1 is 1.53 bits per heavy atom. The maximum Gasteiger partial charge on any atom is 0.355 e. The highest BCUT2D eigenvalue weighted by Crippen LogP contribution is 2.04. The zero-order chi connectivity index (χ0) is 12.8. The third-order valence-corrected chi connectivity index (χ3v) is 1.71. The molecule has 0 unspecified atom stereocenters. The molecule has 7 heteroatoms. The molecule has 2 N–H and O–H groups in total. The van der Waals surface area contributed by atoms with Crippen molar-refractivity contribution in [2.45, 2.75) is 0 Å². The van der Waals surface area contributed by atoms with E-state index in [1.807, 2.05) is 0 Å². The molecule has 0 aliphatic carbocycles. The van der Waals surface area contributed by atoms with E-state index in [1.165, 1.54) is 24.7 Å². The van der Waals surface area contributed by atoms with Gasteiger partial charge >= 0.3 is 5.97 Å². The second-order valence-corrected chi connectivity index (χ2v) is 3.35. The molecular formula is C10H12N4O3. The topological polar surface area (TPSA) is 94.9 Å². The first-order valence-corrected chi connectivity index (χ1v) is 4.70. The summed E-state index contributed by atoms with van der Waals surface area (Å²) in [5.74, 6) is -1.87. The Kier molecular flexibility index (Phi) is 4.15. The van der Waals surface area contributed by atoms with Crippen LogP contribution in [0.2, 0.25) is 0 Å². The van der Waals surface area contributed by atoms with E-state index < -0.39 is 11.9 Å². The lowest BCUT2D eigenvalue weighted by Crippen LogP contribution is -2.23. The first-order chi connectivity index (χ1) is 8.02. The summed E-state index contributed by atoms with van der Waals surface area (Å²) in [4.78, 5) is 27.7. The number of carbonyl (C=O) groups is 2. The van der Waals surface area contributed by atoms with Crippen molar-refractivity contribution in [3.63, 3.8) is 0 Å². The predicted molar refractivity (Wildman–Crippen MR) is 60.8 cm³/mol. The molecule has 1 amide bonds. The van der Waals surface area contributed by atoms with Gasteiger partial charge < -0.3 is 10.0 Å². The van der Waals surface area contributed by atoms with Crippen LogP contribution in [-0.2, 0) is 0 Å². The molecular weight excluding hydrogens is 224 g/mol. The zero-order valence-corrected chi connectivity index (χ0v) is 9.41. The first-order valence-electron chi connectivity index (χ1n) is 4.70. The Morgan fingerprint density at radius 3 is 2.82 bits per heavy atom. The summed E-state index contributed by atoms with van der Waals surface area (Å²) in [5.41, 5.74) is 1.88. The van der Waals surface area contributed by atoms with Crippen molar-refractivity contribution in [3.05, 3.63) is 29.6 Å². The summed E-state index contributed by atoms with van der Waals surface area (Å²) in [7, 11) is 3.48. The van der Waals surface area contributed by atoms with E-state index in [-0.39, 0.29) is 11.3 Å². The van der Waals surface area contributed by atoms with E-state index in [1.54, 1.807) is 19.0 Å². The Balaban J connectivity index is 2.86. The summed E-state index contributed by atoms with van der Waals surface area (Å²) < 4.78 is 0. The van der Waals surface area contributed by atoms with Crippen LogP contribution >= 0.6 is 0 Å². The second-order valence-electron chi connectivity index (χ2n) is 3.35. The lowest BCUT2D eigenvalue weighted by Gasteiger charge is -2.04. The van der Waals surface area contributed by atoms with E-state index in [0.717, 1.165) is 0 Å². The predicted octanol–water partition coefficient (Wildman–Crippen LogP) is 0.0145. The molecule has 0 spiro atoms. The van der Waals surface area contributed by atoms with Gasteiger partial charge in [0, 0.05) is 20.3 Å². The first kappa shape index (κ1) is 12.6. The minimum atomic E-state index is -1.26. The molecule has 1 aromatic heterocycles. The quantitative estimate of drug-likeness (QED) is 0.436. The number of pyridine rings is 1. The van der Waals surface area contributed by atoms with Gasteiger partial charge in [-0.25, -0.2) is 15.2 Å². The van der Waals surface area contributed by atoms with Gasteiger partial charge in [0.15, 0.2) is 5.69 Å². The van der Waals surface area contributed by atoms with Gasteiger partial charge in [-0.05, 0) is 12.1 Å². The summed E-state index contributed by atoms with van der Waals surface area (Å²) in [6.45, 7) is 0. The van der Waals surface area contributed by atoms with Crippen molar-refractivity contribution in [3.8, 4) is 0 Å². The van der Waals surface area contributed by atoms with Crippen molar-refractivity contribution in [2.24, 2.45) is 5.10 Å². The van der Waals surface area contributed by atoms with E-state index in [2.05, 4.69) is 15.5 Å². The summed E-state index contributed by atoms with van der Waals surface area (Å²) in [6, 6.07) is 2.86. The monoisotopic (exact) mass is 236 g/mol. The van der Waals surface area contributed by atoms with E-state index in [0.29, 0.717) is 0 Å². The standard InChI is InChI=1S/C10H12N4O3/c1-14(2)6-12-13-9(15)7-4-3-5-11-8(7)10(16)17/h3-6H,1-2H3,(H,13,15)(H,16,17). The minimum absolute atomic E-state index is 0.0316. The molecule has 0 bridgehead atoms. The molecule has 1 heterocycles. The summed E-state index contributed by atoms with van der Waals surface area (Å²) >= 11 is 0. The number of aromatic nitrogens is 1. The van der Waals surface area contributed by atoms with Crippen molar-refractivity contribution >= 4 is 18.2 Å². The molecule has 0 aliphatic heterocycles. The van der Waals surface area contributed by atoms with Crippen molar-refractivity contribution in [2.75, 3.05) is 14.1 Å². The zero-order valence-electron chi connectivity index (χ0n) is 9.41. The average Bonchev–Trinajstić information content (AvgIpc) is 2.28. The molecule has 17 heavy (non-hydrogen) atoms. The van der Waals surface area contributed by atoms with E-state index in [4.69, 9.17) is 5.11 Å². The third-order valence-electron chi connectivity index (χ3n) is 1.71. The van der Waals surface area contributed by atoms with Crippen molar-refractivity contribution < 1.29 is 14.7 Å². The fraction of sp³-hybridized carbons (Fsp3) is 0.200. The second kappa shape index (κ2) is 5.59. The maximum atomic E-state index is 11.6. The molecule has 1 rings (SSSR count). The van der Waals surface area contributed by atoms with Gasteiger partial charge in [-0.1, -0.05) is 0 Å². The molecule has 1 aromatic rings. The van der Waals surface area contributed by atoms with Crippen LogP contribution in [-0.4, -0.2) is 47.3 Å². The fourth-order valence-electron chi connectivity index (χ4n) is 1.02. The molecule has 0 aliphatic rings. The molecule has 7 nitrogen and oxygen atoms in total. The minimum Gasteiger partial charge on any atom is -0.476 e. The largest absolute Gasteiger partial charge is 0.476 e.